The molecule has 0 atom stereocenters. The number of benzene rings is 3. The van der Waals surface area contributed by atoms with Gasteiger partial charge in [-0.3, -0.25) is 14.4 Å². The Morgan fingerprint density at radius 2 is 1.55 bits per heavy atom. The summed E-state index contributed by atoms with van der Waals surface area (Å²) in [5, 5.41) is 2.76. The highest BCUT2D eigenvalue weighted by molar-refractivity contribution is 6.34. The summed E-state index contributed by atoms with van der Waals surface area (Å²) in [6, 6.07) is 24.2. The third-order valence-corrected chi connectivity index (χ3v) is 5.25. The van der Waals surface area contributed by atoms with Crippen molar-refractivity contribution in [3.8, 4) is 5.75 Å². The zero-order valence-electron chi connectivity index (χ0n) is 17.4. The number of amides is 3. The average molecular weight is 438 g/mol. The van der Waals surface area contributed by atoms with E-state index in [2.05, 4.69) is 5.32 Å². The molecule has 0 unspecified atom stereocenters. The fourth-order valence-electron chi connectivity index (χ4n) is 3.66. The van der Waals surface area contributed by atoms with Crippen molar-refractivity contribution in [1.29, 1.82) is 0 Å². The van der Waals surface area contributed by atoms with Gasteiger partial charge >= 0.3 is 0 Å². The molecular weight excluding hydrogens is 420 g/mol. The maximum absolute atomic E-state index is 12.8. The number of hydrogen-bond acceptors (Lipinski definition) is 5. The molecule has 1 aromatic heterocycles. The predicted octanol–water partition coefficient (Wildman–Crippen LogP) is 4.91. The van der Waals surface area contributed by atoms with Gasteiger partial charge in [-0.15, -0.1) is 0 Å². The van der Waals surface area contributed by atoms with Crippen molar-refractivity contribution in [2.24, 2.45) is 0 Å². The van der Waals surface area contributed by atoms with E-state index in [0.717, 1.165) is 4.90 Å². The summed E-state index contributed by atoms with van der Waals surface area (Å²) in [4.78, 5) is 39.4. The van der Waals surface area contributed by atoms with Crippen LogP contribution in [0.15, 0.2) is 95.6 Å². The zero-order valence-corrected chi connectivity index (χ0v) is 17.4. The van der Waals surface area contributed by atoms with Crippen molar-refractivity contribution < 1.29 is 23.5 Å². The molecule has 7 heteroatoms. The lowest BCUT2D eigenvalue weighted by atomic mass is 10.1. The van der Waals surface area contributed by atoms with Gasteiger partial charge < -0.3 is 14.5 Å². The lowest BCUT2D eigenvalue weighted by Crippen LogP contribution is -2.29. The zero-order chi connectivity index (χ0) is 22.8. The van der Waals surface area contributed by atoms with Crippen LogP contribution < -0.4 is 15.0 Å². The summed E-state index contributed by atoms with van der Waals surface area (Å²) in [7, 11) is 0. The first-order valence-corrected chi connectivity index (χ1v) is 10.3. The van der Waals surface area contributed by atoms with E-state index in [0.29, 0.717) is 33.8 Å². The van der Waals surface area contributed by atoms with Crippen LogP contribution in [0.2, 0.25) is 0 Å². The number of carbonyl (C=O) groups excluding carboxylic acids is 3. The van der Waals surface area contributed by atoms with Gasteiger partial charge in [0, 0.05) is 11.3 Å². The number of anilines is 2. The molecule has 1 aliphatic rings. The van der Waals surface area contributed by atoms with E-state index in [1.54, 1.807) is 54.6 Å². The summed E-state index contributed by atoms with van der Waals surface area (Å²) in [6.07, 6.45) is 1.42. The number of imide groups is 1. The molecule has 1 N–H and O–H groups in total. The van der Waals surface area contributed by atoms with Gasteiger partial charge in [0.05, 0.1) is 23.1 Å². The highest BCUT2D eigenvalue weighted by atomic mass is 16.5. The topological polar surface area (TPSA) is 88.9 Å². The van der Waals surface area contributed by atoms with Crippen LogP contribution in [0.1, 0.15) is 36.8 Å². The predicted molar refractivity (Wildman–Crippen MR) is 121 cm³/mol. The fourth-order valence-corrected chi connectivity index (χ4v) is 3.66. The number of fused-ring (bicyclic) bond motifs is 1. The highest BCUT2D eigenvalue weighted by Crippen LogP contribution is 2.30. The van der Waals surface area contributed by atoms with Gasteiger partial charge in [0.2, 0.25) is 0 Å². The minimum absolute atomic E-state index is 0.122. The molecule has 0 fully saturated rings. The Morgan fingerprint density at radius 3 is 2.27 bits per heavy atom. The molecule has 1 aliphatic heterocycles. The Bertz CT molecular complexity index is 1320. The van der Waals surface area contributed by atoms with Gasteiger partial charge in [-0.2, -0.15) is 0 Å². The Morgan fingerprint density at radius 1 is 0.848 bits per heavy atom. The van der Waals surface area contributed by atoms with E-state index < -0.39 is 17.7 Å². The van der Waals surface area contributed by atoms with Crippen LogP contribution in [-0.4, -0.2) is 17.7 Å². The molecule has 0 saturated heterocycles. The van der Waals surface area contributed by atoms with Crippen LogP contribution in [0.4, 0.5) is 11.4 Å². The molecular formula is C26H18N2O5. The Hall–Kier alpha value is -4.65. The number of nitrogens with zero attached hydrogens (tertiary/aromatic N) is 1. The summed E-state index contributed by atoms with van der Waals surface area (Å²) in [5.74, 6) is -0.460. The molecule has 0 saturated carbocycles. The van der Waals surface area contributed by atoms with Gasteiger partial charge in [0.15, 0.2) is 5.76 Å². The van der Waals surface area contributed by atoms with Crippen molar-refractivity contribution in [2.45, 2.75) is 6.61 Å². The second kappa shape index (κ2) is 8.47. The van der Waals surface area contributed by atoms with E-state index in [-0.39, 0.29) is 12.4 Å². The standard InChI is InChI=1S/C26H18N2O5/c29-24(23-17(13-14-32-23)16-33-20-9-2-1-3-10-20)27-18-7-6-8-19(15-18)28-25(30)21-11-4-5-12-22(21)26(28)31/h1-15H,16H2,(H,27,29). The van der Waals surface area contributed by atoms with Crippen molar-refractivity contribution in [2.75, 3.05) is 10.2 Å². The number of furan rings is 1. The van der Waals surface area contributed by atoms with E-state index in [1.165, 1.54) is 6.26 Å². The van der Waals surface area contributed by atoms with Crippen molar-refractivity contribution in [3.63, 3.8) is 0 Å². The van der Waals surface area contributed by atoms with Gasteiger partial charge in [-0.25, -0.2) is 4.90 Å². The second-order valence-corrected chi connectivity index (χ2v) is 7.37. The lowest BCUT2D eigenvalue weighted by molar-refractivity contribution is 0.0925. The van der Waals surface area contributed by atoms with Gasteiger partial charge in [0.25, 0.3) is 17.7 Å². The maximum Gasteiger partial charge on any atom is 0.291 e. The quantitative estimate of drug-likeness (QED) is 0.432. The molecule has 2 heterocycles. The largest absolute Gasteiger partial charge is 0.489 e. The van der Waals surface area contributed by atoms with Crippen molar-refractivity contribution in [1.82, 2.24) is 0 Å². The number of para-hydroxylation sites is 1. The van der Waals surface area contributed by atoms with E-state index in [9.17, 15) is 14.4 Å². The normalized spacial score (nSPS) is 12.5. The number of carbonyl (C=O) groups is 3. The van der Waals surface area contributed by atoms with Gasteiger partial charge in [-0.05, 0) is 48.5 Å². The number of ether oxygens (including phenoxy) is 1. The molecule has 33 heavy (non-hydrogen) atoms. The van der Waals surface area contributed by atoms with Crippen LogP contribution in [0.5, 0.6) is 5.75 Å². The lowest BCUT2D eigenvalue weighted by Gasteiger charge is -2.15. The third-order valence-electron chi connectivity index (χ3n) is 5.25. The maximum atomic E-state index is 12.8. The first-order chi connectivity index (χ1) is 16.1. The minimum Gasteiger partial charge on any atom is -0.489 e. The van der Waals surface area contributed by atoms with Gasteiger partial charge in [-0.1, -0.05) is 36.4 Å². The smallest absolute Gasteiger partial charge is 0.291 e. The van der Waals surface area contributed by atoms with Crippen LogP contribution in [0, 0.1) is 0 Å². The van der Waals surface area contributed by atoms with Crippen LogP contribution in [-0.2, 0) is 6.61 Å². The fraction of sp³-hybridized carbons (Fsp3) is 0.0385. The third kappa shape index (κ3) is 3.87. The Labute approximate surface area is 189 Å². The molecule has 162 valence electrons. The van der Waals surface area contributed by atoms with E-state index in [1.807, 2.05) is 30.3 Å². The summed E-state index contributed by atoms with van der Waals surface area (Å²) < 4.78 is 11.1. The molecule has 0 radical (unpaired) electrons. The SMILES string of the molecule is O=C(Nc1cccc(N2C(=O)c3ccccc3C2=O)c1)c1occc1COc1ccccc1. The van der Waals surface area contributed by atoms with E-state index in [4.69, 9.17) is 9.15 Å². The van der Waals surface area contributed by atoms with Crippen molar-refractivity contribution >= 4 is 29.1 Å². The summed E-state index contributed by atoms with van der Waals surface area (Å²) >= 11 is 0. The molecule has 0 spiro atoms. The molecule has 5 rings (SSSR count). The van der Waals surface area contributed by atoms with Crippen LogP contribution in [0.3, 0.4) is 0 Å². The number of hydrogen-bond donors (Lipinski definition) is 1. The molecule has 0 aliphatic carbocycles. The average Bonchev–Trinajstić information content (AvgIpc) is 3.41. The summed E-state index contributed by atoms with van der Waals surface area (Å²) in [5.41, 5.74) is 2.09. The first-order valence-electron chi connectivity index (χ1n) is 10.3. The second-order valence-electron chi connectivity index (χ2n) is 7.37. The Balaban J connectivity index is 1.32. The Kier molecular flexibility index (Phi) is 5.20. The number of nitrogens with one attached hydrogen (secondary N) is 1. The molecule has 3 amide bonds. The molecule has 7 nitrogen and oxygen atoms in total. The number of rotatable bonds is 6. The van der Waals surface area contributed by atoms with Crippen LogP contribution >= 0.6 is 0 Å². The van der Waals surface area contributed by atoms with Crippen molar-refractivity contribution in [3.05, 3.63) is 114 Å². The monoisotopic (exact) mass is 438 g/mol. The molecule has 4 aromatic rings. The molecule has 0 bridgehead atoms. The highest BCUT2D eigenvalue weighted by Gasteiger charge is 2.36. The first kappa shape index (κ1) is 20.3. The molecule has 3 aromatic carbocycles. The van der Waals surface area contributed by atoms with Crippen LogP contribution in [0.25, 0.3) is 0 Å². The minimum atomic E-state index is -0.467. The van der Waals surface area contributed by atoms with E-state index >= 15 is 0 Å². The van der Waals surface area contributed by atoms with Gasteiger partial charge in [0.1, 0.15) is 12.4 Å². The summed E-state index contributed by atoms with van der Waals surface area (Å²) in [6.45, 7) is 0.165.